The lowest BCUT2D eigenvalue weighted by Crippen LogP contribution is -2.28. The van der Waals surface area contributed by atoms with E-state index < -0.39 is 0 Å². The van der Waals surface area contributed by atoms with Crippen molar-refractivity contribution in [2.24, 2.45) is 5.92 Å². The molecule has 1 aromatic rings. The lowest BCUT2D eigenvalue weighted by molar-refractivity contribution is 0.219. The zero-order valence-electron chi connectivity index (χ0n) is 11.9. The Labute approximate surface area is 116 Å². The van der Waals surface area contributed by atoms with Crippen molar-refractivity contribution in [3.8, 4) is 0 Å². The molecule has 3 heteroatoms. The molecule has 1 aromatic carbocycles. The molecule has 19 heavy (non-hydrogen) atoms. The van der Waals surface area contributed by atoms with Gasteiger partial charge in [-0.25, -0.2) is 0 Å². The number of likely N-dealkylation sites (tertiary alicyclic amines) is 1. The SMILES string of the molecule is CCNC(CCN1CCC(CO)C1)c1ccccc1. The number of hydrogen-bond acceptors (Lipinski definition) is 3. The Balaban J connectivity index is 1.84. The summed E-state index contributed by atoms with van der Waals surface area (Å²) < 4.78 is 0. The van der Waals surface area contributed by atoms with Crippen molar-refractivity contribution >= 4 is 0 Å². The fourth-order valence-corrected chi connectivity index (χ4v) is 2.89. The van der Waals surface area contributed by atoms with Gasteiger partial charge in [0.1, 0.15) is 0 Å². The Bertz CT molecular complexity index is 355. The van der Waals surface area contributed by atoms with E-state index in [0.29, 0.717) is 18.6 Å². The Kier molecular flexibility index (Phi) is 5.83. The van der Waals surface area contributed by atoms with Gasteiger partial charge in [-0.2, -0.15) is 0 Å². The lowest BCUT2D eigenvalue weighted by atomic mass is 10.0. The van der Waals surface area contributed by atoms with E-state index in [1.807, 2.05) is 0 Å². The summed E-state index contributed by atoms with van der Waals surface area (Å²) in [5.74, 6) is 0.495. The molecule has 0 radical (unpaired) electrons. The standard InChI is InChI=1S/C16H26N2O/c1-2-17-16(15-6-4-3-5-7-15)9-11-18-10-8-14(12-18)13-19/h3-7,14,16-17,19H,2,8-13H2,1H3. The predicted molar refractivity (Wildman–Crippen MR) is 79.1 cm³/mol. The summed E-state index contributed by atoms with van der Waals surface area (Å²) in [6.07, 6.45) is 2.28. The van der Waals surface area contributed by atoms with Crippen molar-refractivity contribution in [1.82, 2.24) is 10.2 Å². The zero-order chi connectivity index (χ0) is 13.5. The molecule has 0 bridgehead atoms. The second-order valence-corrected chi connectivity index (χ2v) is 5.45. The van der Waals surface area contributed by atoms with Gasteiger partial charge in [-0.3, -0.25) is 0 Å². The number of rotatable bonds is 7. The molecular formula is C16H26N2O. The summed E-state index contributed by atoms with van der Waals surface area (Å²) in [4.78, 5) is 2.48. The normalized spacial score (nSPS) is 21.7. The number of hydrogen-bond donors (Lipinski definition) is 2. The van der Waals surface area contributed by atoms with Crippen LogP contribution in [-0.2, 0) is 0 Å². The van der Waals surface area contributed by atoms with Crippen LogP contribution in [0.25, 0.3) is 0 Å². The van der Waals surface area contributed by atoms with Crippen molar-refractivity contribution in [3.63, 3.8) is 0 Å². The van der Waals surface area contributed by atoms with Crippen molar-refractivity contribution in [3.05, 3.63) is 35.9 Å². The second kappa shape index (κ2) is 7.63. The molecule has 1 aliphatic rings. The van der Waals surface area contributed by atoms with E-state index in [1.165, 1.54) is 5.56 Å². The van der Waals surface area contributed by atoms with Gasteiger partial charge >= 0.3 is 0 Å². The second-order valence-electron chi connectivity index (χ2n) is 5.45. The summed E-state index contributed by atoms with van der Waals surface area (Å²) in [6, 6.07) is 11.1. The van der Waals surface area contributed by atoms with Gasteiger partial charge in [-0.05, 0) is 44.0 Å². The highest BCUT2D eigenvalue weighted by atomic mass is 16.3. The number of nitrogens with zero attached hydrogens (tertiary/aromatic N) is 1. The maximum atomic E-state index is 9.18. The minimum absolute atomic E-state index is 0.339. The Morgan fingerprint density at radius 1 is 1.37 bits per heavy atom. The summed E-state index contributed by atoms with van der Waals surface area (Å²) in [7, 11) is 0. The molecule has 1 heterocycles. The van der Waals surface area contributed by atoms with Gasteiger partial charge in [0.15, 0.2) is 0 Å². The van der Waals surface area contributed by atoms with Gasteiger partial charge < -0.3 is 15.3 Å². The molecule has 0 amide bonds. The molecule has 2 rings (SSSR count). The maximum Gasteiger partial charge on any atom is 0.0471 e. The van der Waals surface area contributed by atoms with Crippen LogP contribution in [0.3, 0.4) is 0 Å². The van der Waals surface area contributed by atoms with Crippen molar-refractivity contribution < 1.29 is 5.11 Å². The van der Waals surface area contributed by atoms with Gasteiger partial charge in [-0.15, -0.1) is 0 Å². The van der Waals surface area contributed by atoms with Crippen LogP contribution in [0.5, 0.6) is 0 Å². The van der Waals surface area contributed by atoms with Crippen molar-refractivity contribution in [2.45, 2.75) is 25.8 Å². The minimum atomic E-state index is 0.339. The third kappa shape index (κ3) is 4.30. The molecule has 2 unspecified atom stereocenters. The third-order valence-electron chi connectivity index (χ3n) is 4.01. The minimum Gasteiger partial charge on any atom is -0.396 e. The van der Waals surface area contributed by atoms with Crippen LogP contribution in [0.4, 0.5) is 0 Å². The van der Waals surface area contributed by atoms with Gasteiger partial charge in [0.05, 0.1) is 0 Å². The Morgan fingerprint density at radius 3 is 2.79 bits per heavy atom. The van der Waals surface area contributed by atoms with E-state index in [4.69, 9.17) is 0 Å². The molecule has 0 saturated carbocycles. The summed E-state index contributed by atoms with van der Waals surface area (Å²) in [6.45, 7) is 6.81. The summed E-state index contributed by atoms with van der Waals surface area (Å²) >= 11 is 0. The fourth-order valence-electron chi connectivity index (χ4n) is 2.89. The highest BCUT2D eigenvalue weighted by molar-refractivity contribution is 5.18. The molecule has 1 fully saturated rings. The first-order valence-corrected chi connectivity index (χ1v) is 7.45. The molecule has 1 aliphatic heterocycles. The topological polar surface area (TPSA) is 35.5 Å². The van der Waals surface area contributed by atoms with Crippen molar-refractivity contribution in [2.75, 3.05) is 32.8 Å². The van der Waals surface area contributed by atoms with Crippen LogP contribution in [0.15, 0.2) is 30.3 Å². The number of aliphatic hydroxyl groups is 1. The van der Waals surface area contributed by atoms with E-state index in [2.05, 4.69) is 47.5 Å². The molecular weight excluding hydrogens is 236 g/mol. The summed E-state index contributed by atoms with van der Waals surface area (Å²) in [5, 5.41) is 12.8. The monoisotopic (exact) mass is 262 g/mol. The van der Waals surface area contributed by atoms with Gasteiger partial charge in [0, 0.05) is 19.2 Å². The number of nitrogens with one attached hydrogen (secondary N) is 1. The van der Waals surface area contributed by atoms with E-state index in [9.17, 15) is 5.11 Å². The highest BCUT2D eigenvalue weighted by Gasteiger charge is 2.22. The third-order valence-corrected chi connectivity index (χ3v) is 4.01. The van der Waals surface area contributed by atoms with Crippen LogP contribution in [-0.4, -0.2) is 42.8 Å². The molecule has 106 valence electrons. The first-order chi connectivity index (χ1) is 9.33. The van der Waals surface area contributed by atoms with Crippen LogP contribution in [0, 0.1) is 5.92 Å². The lowest BCUT2D eigenvalue weighted by Gasteiger charge is -2.22. The van der Waals surface area contributed by atoms with Crippen LogP contribution < -0.4 is 5.32 Å². The van der Waals surface area contributed by atoms with Gasteiger partial charge in [-0.1, -0.05) is 37.3 Å². The molecule has 0 aromatic heterocycles. The predicted octanol–water partition coefficient (Wildman–Crippen LogP) is 2.04. The first kappa shape index (κ1) is 14.5. The first-order valence-electron chi connectivity index (χ1n) is 7.45. The molecule has 2 N–H and O–H groups in total. The van der Waals surface area contributed by atoms with E-state index in [1.54, 1.807) is 0 Å². The number of aliphatic hydroxyl groups excluding tert-OH is 1. The fraction of sp³-hybridized carbons (Fsp3) is 0.625. The van der Waals surface area contributed by atoms with Crippen LogP contribution in [0.2, 0.25) is 0 Å². The molecule has 0 spiro atoms. The Morgan fingerprint density at radius 2 is 2.16 bits per heavy atom. The highest BCUT2D eigenvalue weighted by Crippen LogP contribution is 2.20. The largest absolute Gasteiger partial charge is 0.396 e. The number of benzene rings is 1. The van der Waals surface area contributed by atoms with Gasteiger partial charge in [0.25, 0.3) is 0 Å². The average molecular weight is 262 g/mol. The van der Waals surface area contributed by atoms with Crippen molar-refractivity contribution in [1.29, 1.82) is 0 Å². The van der Waals surface area contributed by atoms with E-state index in [-0.39, 0.29) is 0 Å². The smallest absolute Gasteiger partial charge is 0.0471 e. The van der Waals surface area contributed by atoms with Crippen LogP contribution in [0.1, 0.15) is 31.4 Å². The summed E-state index contributed by atoms with van der Waals surface area (Å²) in [5.41, 5.74) is 1.38. The van der Waals surface area contributed by atoms with Crippen LogP contribution >= 0.6 is 0 Å². The van der Waals surface area contributed by atoms with E-state index >= 15 is 0 Å². The molecule has 2 atom stereocenters. The van der Waals surface area contributed by atoms with Gasteiger partial charge in [0.2, 0.25) is 0 Å². The van der Waals surface area contributed by atoms with E-state index in [0.717, 1.165) is 39.0 Å². The molecule has 1 saturated heterocycles. The molecule has 0 aliphatic carbocycles. The Hall–Kier alpha value is -0.900. The quantitative estimate of drug-likeness (QED) is 0.789. The maximum absolute atomic E-state index is 9.18. The zero-order valence-corrected chi connectivity index (χ0v) is 11.9. The average Bonchev–Trinajstić information content (AvgIpc) is 2.92. The molecule has 3 nitrogen and oxygen atoms in total.